The maximum Gasteiger partial charge on any atom is 0.294 e. The molecule has 1 aromatic rings. The van der Waals surface area contributed by atoms with Gasteiger partial charge >= 0.3 is 0 Å². The van der Waals surface area contributed by atoms with Crippen molar-refractivity contribution in [3.05, 3.63) is 21.7 Å². The number of fused-ring (bicyclic) bond motifs is 1. The van der Waals surface area contributed by atoms with Gasteiger partial charge in [0.15, 0.2) is 9.84 Å². The van der Waals surface area contributed by atoms with Gasteiger partial charge in [0, 0.05) is 11.6 Å². The van der Waals surface area contributed by atoms with Crippen LogP contribution in [0.4, 0.5) is 0 Å². The summed E-state index contributed by atoms with van der Waals surface area (Å²) in [6, 6.07) is 0.929. The van der Waals surface area contributed by atoms with Crippen LogP contribution in [0.3, 0.4) is 0 Å². The second-order valence-electron chi connectivity index (χ2n) is 6.79. The molecule has 1 aromatic heterocycles. The van der Waals surface area contributed by atoms with Crippen LogP contribution in [0.1, 0.15) is 44.7 Å². The molecule has 154 valence electrons. The van der Waals surface area contributed by atoms with Gasteiger partial charge in [-0.3, -0.25) is 0 Å². The molecule has 2 atom stereocenters. The van der Waals surface area contributed by atoms with Crippen LogP contribution in [0.5, 0.6) is 0 Å². The molecule has 0 spiro atoms. The quantitative estimate of drug-likeness (QED) is 0.427. The first kappa shape index (κ1) is 22.0. The zero-order valence-corrected chi connectivity index (χ0v) is 17.4. The van der Waals surface area contributed by atoms with E-state index in [1.807, 2.05) is 0 Å². The number of rotatable bonds is 9. The Morgan fingerprint density at radius 1 is 1.48 bits per heavy atom. The van der Waals surface area contributed by atoms with Gasteiger partial charge in [0.2, 0.25) is 10.0 Å². The van der Waals surface area contributed by atoms with Gasteiger partial charge in [-0.25, -0.2) is 22.0 Å². The monoisotopic (exact) mass is 441 g/mol. The number of hydrogen-bond acceptors (Lipinski definition) is 9. The Hall–Kier alpha value is -1.28. The molecule has 2 rings (SSSR count). The fourth-order valence-electron chi connectivity index (χ4n) is 2.91. The van der Waals surface area contributed by atoms with Crippen molar-refractivity contribution in [2.75, 3.05) is 13.2 Å². The number of nitrogens with one attached hydrogen (secondary N) is 1. The molecule has 27 heavy (non-hydrogen) atoms. The minimum atomic E-state index is -4.04. The molecule has 0 aliphatic carbocycles. The van der Waals surface area contributed by atoms with E-state index in [4.69, 9.17) is 5.14 Å². The summed E-state index contributed by atoms with van der Waals surface area (Å²) in [6.45, 7) is 4.39. The highest BCUT2D eigenvalue weighted by molar-refractivity contribution is 7.95. The number of nitrogens with two attached hydrogens (primary N) is 1. The fourth-order valence-corrected chi connectivity index (χ4v) is 7.59. The standard InChI is InChI=1S/C14H23N3O7S3/c1-9(2)3-5-16-12-7-10(4-6-24-17(18)19)26(20,21)14-11(12)8-13(25-14)27(15,22)23/h8-10,12,16H,3-7H2,1-2H3,(H2,15,22,23). The highest BCUT2D eigenvalue weighted by atomic mass is 32.3. The second-order valence-corrected chi connectivity index (χ2v) is 12.1. The van der Waals surface area contributed by atoms with Gasteiger partial charge in [-0.1, -0.05) is 13.8 Å². The summed E-state index contributed by atoms with van der Waals surface area (Å²) < 4.78 is 48.8. The minimum Gasteiger partial charge on any atom is -0.314 e. The Morgan fingerprint density at radius 2 is 2.15 bits per heavy atom. The molecule has 3 N–H and O–H groups in total. The van der Waals surface area contributed by atoms with Gasteiger partial charge in [0.05, 0.1) is 11.9 Å². The first-order chi connectivity index (χ1) is 12.4. The van der Waals surface area contributed by atoms with E-state index in [-0.39, 0.29) is 33.9 Å². The maximum atomic E-state index is 12.9. The number of sulfone groups is 1. The zero-order chi connectivity index (χ0) is 20.4. The summed E-state index contributed by atoms with van der Waals surface area (Å²) in [6.07, 6.45) is 0.975. The molecule has 0 amide bonds. The molecule has 2 heterocycles. The molecule has 1 aliphatic rings. The average molecular weight is 442 g/mol. The molecule has 10 nitrogen and oxygen atoms in total. The number of hydrogen-bond donors (Lipinski definition) is 2. The predicted molar refractivity (Wildman–Crippen MR) is 99.0 cm³/mol. The Morgan fingerprint density at radius 3 is 2.70 bits per heavy atom. The third kappa shape index (κ3) is 5.38. The van der Waals surface area contributed by atoms with Crippen LogP contribution in [0.2, 0.25) is 0 Å². The summed E-state index contributed by atoms with van der Waals surface area (Å²) in [7, 11) is -7.88. The van der Waals surface area contributed by atoms with Gasteiger partial charge in [0.25, 0.3) is 5.09 Å². The fraction of sp³-hybridized carbons (Fsp3) is 0.714. The van der Waals surface area contributed by atoms with Crippen molar-refractivity contribution in [2.24, 2.45) is 11.1 Å². The van der Waals surface area contributed by atoms with Crippen molar-refractivity contribution in [1.82, 2.24) is 5.32 Å². The van der Waals surface area contributed by atoms with Crippen LogP contribution in [0.25, 0.3) is 0 Å². The lowest BCUT2D eigenvalue weighted by molar-refractivity contribution is -0.757. The summed E-state index contributed by atoms with van der Waals surface area (Å²) in [5.74, 6) is 0.441. The first-order valence-corrected chi connectivity index (χ1v) is 12.2. The van der Waals surface area contributed by atoms with Crippen molar-refractivity contribution in [3.63, 3.8) is 0 Å². The van der Waals surface area contributed by atoms with E-state index in [0.717, 1.165) is 6.42 Å². The van der Waals surface area contributed by atoms with Crippen LogP contribution in [0.15, 0.2) is 14.5 Å². The van der Waals surface area contributed by atoms with Crippen LogP contribution in [0, 0.1) is 16.0 Å². The second kappa shape index (κ2) is 8.39. The third-order valence-corrected chi connectivity index (χ3v) is 9.67. The van der Waals surface area contributed by atoms with E-state index in [9.17, 15) is 26.9 Å². The highest BCUT2D eigenvalue weighted by Crippen LogP contribution is 2.43. The van der Waals surface area contributed by atoms with Crippen molar-refractivity contribution < 1.29 is 26.8 Å². The third-order valence-electron chi connectivity index (χ3n) is 4.30. The summed E-state index contributed by atoms with van der Waals surface area (Å²) in [5, 5.41) is 16.9. The normalized spacial score (nSPS) is 21.8. The molecule has 2 unspecified atom stereocenters. The van der Waals surface area contributed by atoms with Crippen molar-refractivity contribution in [3.8, 4) is 0 Å². The smallest absolute Gasteiger partial charge is 0.294 e. The maximum absolute atomic E-state index is 12.9. The zero-order valence-electron chi connectivity index (χ0n) is 15.0. The number of primary sulfonamides is 1. The Labute approximate surface area is 162 Å². The Balaban J connectivity index is 2.35. The topological polar surface area (TPSA) is 159 Å². The van der Waals surface area contributed by atoms with Crippen molar-refractivity contribution in [1.29, 1.82) is 0 Å². The highest BCUT2D eigenvalue weighted by Gasteiger charge is 2.41. The van der Waals surface area contributed by atoms with Gasteiger partial charge in [0.1, 0.15) is 8.42 Å². The van der Waals surface area contributed by atoms with Gasteiger partial charge in [-0.05, 0) is 37.8 Å². The molecular formula is C14H23N3O7S3. The van der Waals surface area contributed by atoms with Crippen LogP contribution in [-0.4, -0.2) is 40.3 Å². The summed E-state index contributed by atoms with van der Waals surface area (Å²) >= 11 is 0.621. The van der Waals surface area contributed by atoms with Crippen LogP contribution < -0.4 is 10.5 Å². The largest absolute Gasteiger partial charge is 0.314 e. The lowest BCUT2D eigenvalue weighted by Crippen LogP contribution is -2.36. The first-order valence-electron chi connectivity index (χ1n) is 8.34. The molecular weight excluding hydrogens is 418 g/mol. The molecule has 0 saturated heterocycles. The van der Waals surface area contributed by atoms with Gasteiger partial charge < -0.3 is 10.2 Å². The molecule has 0 aromatic carbocycles. The van der Waals surface area contributed by atoms with Crippen molar-refractivity contribution >= 4 is 31.2 Å². The van der Waals surface area contributed by atoms with Crippen molar-refractivity contribution in [2.45, 2.75) is 52.8 Å². The lowest BCUT2D eigenvalue weighted by Gasteiger charge is -2.30. The molecule has 0 saturated carbocycles. The minimum absolute atomic E-state index is 0.0501. The molecule has 0 fully saturated rings. The van der Waals surface area contributed by atoms with Crippen LogP contribution in [-0.2, 0) is 24.7 Å². The summed E-state index contributed by atoms with van der Waals surface area (Å²) in [5.41, 5.74) is 0.388. The summed E-state index contributed by atoms with van der Waals surface area (Å²) in [4.78, 5) is 14.6. The van der Waals surface area contributed by atoms with E-state index in [2.05, 4.69) is 24.0 Å². The Kier molecular flexibility index (Phi) is 6.84. The van der Waals surface area contributed by atoms with E-state index in [1.54, 1.807) is 0 Å². The van der Waals surface area contributed by atoms with E-state index >= 15 is 0 Å². The SMILES string of the molecule is CC(C)CCNC1CC(CCO[N+](=O)[O-])S(=O)(=O)c2sc(S(N)(=O)=O)cc21. The molecule has 0 radical (unpaired) electrons. The van der Waals surface area contributed by atoms with E-state index < -0.39 is 30.2 Å². The average Bonchev–Trinajstić information content (AvgIpc) is 2.97. The molecule has 1 aliphatic heterocycles. The predicted octanol–water partition coefficient (Wildman–Crippen LogP) is 1.22. The van der Waals surface area contributed by atoms with E-state index in [0.29, 0.717) is 29.4 Å². The lowest BCUT2D eigenvalue weighted by atomic mass is 10.0. The van der Waals surface area contributed by atoms with Crippen LogP contribution >= 0.6 is 11.3 Å². The molecule has 0 bridgehead atoms. The molecule has 13 heteroatoms. The number of nitrogens with zero attached hydrogens (tertiary/aromatic N) is 1. The van der Waals surface area contributed by atoms with E-state index in [1.165, 1.54) is 6.07 Å². The number of thiophene rings is 1. The van der Waals surface area contributed by atoms with Gasteiger partial charge in [-0.15, -0.1) is 21.5 Å². The number of sulfonamides is 1. The Bertz CT molecular complexity index is 893. The van der Waals surface area contributed by atoms with Gasteiger partial charge in [-0.2, -0.15) is 0 Å².